The van der Waals surface area contributed by atoms with E-state index in [-0.39, 0.29) is 7.43 Å². The molecule has 1 rings (SSSR count). The van der Waals surface area contributed by atoms with Crippen LogP contribution in [0.5, 0.6) is 0 Å². The molecule has 1 aliphatic heterocycles. The highest BCUT2D eigenvalue weighted by molar-refractivity contribution is 4.99. The van der Waals surface area contributed by atoms with Crippen molar-refractivity contribution in [3.63, 3.8) is 0 Å². The van der Waals surface area contributed by atoms with E-state index in [4.69, 9.17) is 0 Å². The van der Waals surface area contributed by atoms with Crippen LogP contribution in [-0.4, -0.2) is 18.1 Å². The lowest BCUT2D eigenvalue weighted by Crippen LogP contribution is -2.32. The Balaban J connectivity index is 0.000001000. The minimum absolute atomic E-state index is 0. The third-order valence-corrected chi connectivity index (χ3v) is 0.966. The number of rotatable bonds is 0. The summed E-state index contributed by atoms with van der Waals surface area (Å²) in [6, 6.07) is 0. The highest BCUT2D eigenvalue weighted by Crippen LogP contribution is 2.60. The summed E-state index contributed by atoms with van der Waals surface area (Å²) in [6.07, 6.45) is -10.4. The van der Waals surface area contributed by atoms with E-state index in [1.807, 2.05) is 0 Å². The van der Waals surface area contributed by atoms with Gasteiger partial charge in [-0.2, -0.15) is 26.3 Å². The third kappa shape index (κ3) is 1.17. The molecule has 0 aromatic heterocycles. The first kappa shape index (κ1) is 10.5. The van der Waals surface area contributed by atoms with E-state index in [0.29, 0.717) is 0 Å². The molecule has 1 aliphatic rings. The SMILES string of the molecule is C.FC(F)(F)C1(F)OC1(F)F. The van der Waals surface area contributed by atoms with Crippen LogP contribution in [0, 0.1) is 0 Å². The van der Waals surface area contributed by atoms with Crippen LogP contribution in [0.2, 0.25) is 0 Å². The number of alkyl halides is 6. The van der Waals surface area contributed by atoms with Crippen molar-refractivity contribution in [2.24, 2.45) is 0 Å². The average Bonchev–Trinajstić information content (AvgIpc) is 2.05. The molecule has 68 valence electrons. The standard InChI is InChI=1S/C3F6O.CH4/c4-1(2(5,6)7)3(8,9)10-1;/h;1H4. The Hall–Kier alpha value is -0.460. The first-order valence-corrected chi connectivity index (χ1v) is 2.04. The van der Waals surface area contributed by atoms with Gasteiger partial charge in [-0.25, -0.2) is 0 Å². The quantitative estimate of drug-likeness (QED) is 0.414. The number of hydrogen-bond acceptors (Lipinski definition) is 1. The predicted octanol–water partition coefficient (Wildman–Crippen LogP) is 2.47. The zero-order chi connectivity index (χ0) is 8.21. The number of hydrogen-bond donors (Lipinski definition) is 0. The molecule has 1 unspecified atom stereocenters. The van der Waals surface area contributed by atoms with Crippen LogP contribution in [0.3, 0.4) is 0 Å². The van der Waals surface area contributed by atoms with Crippen LogP contribution in [0.25, 0.3) is 0 Å². The minimum atomic E-state index is -5.66. The normalized spacial score (nSPS) is 34.4. The third-order valence-electron chi connectivity index (χ3n) is 0.966. The monoisotopic (exact) mass is 182 g/mol. The Kier molecular flexibility index (Phi) is 1.94. The maximum Gasteiger partial charge on any atom is 0.458 e. The molecule has 0 amide bonds. The van der Waals surface area contributed by atoms with E-state index in [1.165, 1.54) is 0 Å². The van der Waals surface area contributed by atoms with E-state index in [2.05, 4.69) is 4.74 Å². The van der Waals surface area contributed by atoms with E-state index in [9.17, 15) is 26.3 Å². The molecule has 1 atom stereocenters. The van der Waals surface area contributed by atoms with Crippen LogP contribution in [0.15, 0.2) is 0 Å². The van der Waals surface area contributed by atoms with Gasteiger partial charge in [0.25, 0.3) is 0 Å². The molecule has 1 nitrogen and oxygen atoms in total. The Labute approximate surface area is 57.9 Å². The Morgan fingerprint density at radius 1 is 1.00 bits per heavy atom. The molecule has 0 spiro atoms. The van der Waals surface area contributed by atoms with E-state index in [1.54, 1.807) is 0 Å². The summed E-state index contributed by atoms with van der Waals surface area (Å²) in [7, 11) is 0. The molecule has 0 N–H and O–H groups in total. The van der Waals surface area contributed by atoms with Gasteiger partial charge in [-0.3, -0.25) is 4.74 Å². The zero-order valence-corrected chi connectivity index (χ0v) is 4.18. The fourth-order valence-corrected chi connectivity index (χ4v) is 0.374. The highest BCUT2D eigenvalue weighted by Gasteiger charge is 2.90. The predicted molar refractivity (Wildman–Crippen MR) is 22.7 cm³/mol. The van der Waals surface area contributed by atoms with Gasteiger partial charge in [0, 0.05) is 0 Å². The summed E-state index contributed by atoms with van der Waals surface area (Å²) in [4.78, 5) is 0. The summed E-state index contributed by atoms with van der Waals surface area (Å²) in [5, 5.41) is 0. The van der Waals surface area contributed by atoms with Gasteiger partial charge in [-0.1, -0.05) is 7.43 Å². The van der Waals surface area contributed by atoms with Gasteiger partial charge in [0.05, 0.1) is 0 Å². The summed E-state index contributed by atoms with van der Waals surface area (Å²) < 4.78 is 70.4. The topological polar surface area (TPSA) is 12.5 Å². The maximum atomic E-state index is 11.7. The van der Waals surface area contributed by atoms with Gasteiger partial charge >= 0.3 is 18.1 Å². The maximum absolute atomic E-state index is 11.7. The van der Waals surface area contributed by atoms with Gasteiger partial charge in [-0.15, -0.1) is 0 Å². The van der Waals surface area contributed by atoms with Crippen molar-refractivity contribution in [3.05, 3.63) is 0 Å². The minimum Gasteiger partial charge on any atom is -0.263 e. The fraction of sp³-hybridized carbons (Fsp3) is 1.00. The lowest BCUT2D eigenvalue weighted by Gasteiger charge is -2.04. The molecule has 0 aromatic carbocycles. The summed E-state index contributed by atoms with van der Waals surface area (Å²) in [5.74, 6) is -4.75. The van der Waals surface area contributed by atoms with Crippen molar-refractivity contribution in [2.45, 2.75) is 25.6 Å². The molecule has 1 fully saturated rings. The van der Waals surface area contributed by atoms with Gasteiger partial charge < -0.3 is 0 Å². The van der Waals surface area contributed by atoms with Crippen molar-refractivity contribution in [3.8, 4) is 0 Å². The highest BCUT2D eigenvalue weighted by atomic mass is 19.4. The molecule has 0 aromatic rings. The van der Waals surface area contributed by atoms with E-state index >= 15 is 0 Å². The average molecular weight is 182 g/mol. The van der Waals surface area contributed by atoms with Crippen molar-refractivity contribution in [1.82, 2.24) is 0 Å². The fourth-order valence-electron chi connectivity index (χ4n) is 0.374. The second-order valence-electron chi connectivity index (χ2n) is 1.71. The number of halogens is 6. The first-order chi connectivity index (χ1) is 4.21. The second-order valence-corrected chi connectivity index (χ2v) is 1.71. The van der Waals surface area contributed by atoms with Crippen LogP contribution >= 0.6 is 0 Å². The molecule has 7 heteroatoms. The number of ether oxygens (including phenoxy) is 1. The largest absolute Gasteiger partial charge is 0.458 e. The summed E-state index contributed by atoms with van der Waals surface area (Å²) >= 11 is 0. The van der Waals surface area contributed by atoms with Crippen molar-refractivity contribution < 1.29 is 31.1 Å². The smallest absolute Gasteiger partial charge is 0.263 e. The molecule has 1 saturated heterocycles. The van der Waals surface area contributed by atoms with Gasteiger partial charge in [-0.05, 0) is 0 Å². The van der Waals surface area contributed by atoms with Crippen molar-refractivity contribution >= 4 is 0 Å². The number of epoxide rings is 1. The summed E-state index contributed by atoms with van der Waals surface area (Å²) in [5.41, 5.74) is 0. The van der Waals surface area contributed by atoms with Crippen molar-refractivity contribution in [1.29, 1.82) is 0 Å². The Morgan fingerprint density at radius 3 is 1.27 bits per heavy atom. The molecule has 0 bridgehead atoms. The molecular weight excluding hydrogens is 178 g/mol. The molecular formula is C4H4F6O. The second kappa shape index (κ2) is 2.02. The molecule has 0 aliphatic carbocycles. The first-order valence-electron chi connectivity index (χ1n) is 2.04. The van der Waals surface area contributed by atoms with E-state index in [0.717, 1.165) is 0 Å². The summed E-state index contributed by atoms with van der Waals surface area (Å²) in [6.45, 7) is 0. The lowest BCUT2D eigenvalue weighted by molar-refractivity contribution is -0.231. The van der Waals surface area contributed by atoms with Crippen LogP contribution in [0.1, 0.15) is 7.43 Å². The Morgan fingerprint density at radius 2 is 1.27 bits per heavy atom. The van der Waals surface area contributed by atoms with Crippen molar-refractivity contribution in [2.75, 3.05) is 0 Å². The Bertz CT molecular complexity index is 162. The molecule has 1 heterocycles. The van der Waals surface area contributed by atoms with Crippen LogP contribution < -0.4 is 0 Å². The van der Waals surface area contributed by atoms with Crippen LogP contribution in [-0.2, 0) is 4.74 Å². The van der Waals surface area contributed by atoms with Crippen LogP contribution in [0.4, 0.5) is 26.3 Å². The van der Waals surface area contributed by atoms with E-state index < -0.39 is 18.1 Å². The van der Waals surface area contributed by atoms with Gasteiger partial charge in [0.15, 0.2) is 0 Å². The lowest BCUT2D eigenvalue weighted by atomic mass is 10.4. The van der Waals surface area contributed by atoms with Gasteiger partial charge in [0.1, 0.15) is 0 Å². The zero-order valence-electron chi connectivity index (χ0n) is 4.18. The molecule has 0 radical (unpaired) electrons. The molecule has 11 heavy (non-hydrogen) atoms. The molecule has 0 saturated carbocycles. The van der Waals surface area contributed by atoms with Gasteiger partial charge in [0.2, 0.25) is 0 Å².